The van der Waals surface area contributed by atoms with Gasteiger partial charge in [0.2, 0.25) is 0 Å². The van der Waals surface area contributed by atoms with Gasteiger partial charge in [-0.05, 0) is 50.3 Å². The molecule has 0 aliphatic heterocycles. The summed E-state index contributed by atoms with van der Waals surface area (Å²) in [6.45, 7) is 0.878. The maximum Gasteiger partial charge on any atom is 0.346 e. The van der Waals surface area contributed by atoms with E-state index in [1.807, 2.05) is 26.4 Å². The fourth-order valence-electron chi connectivity index (χ4n) is 2.63. The van der Waals surface area contributed by atoms with Gasteiger partial charge in [-0.3, -0.25) is 0 Å². The summed E-state index contributed by atoms with van der Waals surface area (Å²) >= 11 is 0. The normalized spacial score (nSPS) is 11.2. The molecule has 0 atom stereocenters. The van der Waals surface area contributed by atoms with Crippen LogP contribution >= 0.6 is 0 Å². The monoisotopic (exact) mass is 326 g/mol. The van der Waals surface area contributed by atoms with E-state index in [2.05, 4.69) is 9.88 Å². The van der Waals surface area contributed by atoms with E-state index in [0.717, 1.165) is 29.4 Å². The minimum absolute atomic E-state index is 0.0696. The number of nitrogens with one attached hydrogen (secondary N) is 1. The number of rotatable bonds is 5. The lowest BCUT2D eigenvalue weighted by Gasteiger charge is -2.10. The lowest BCUT2D eigenvalue weighted by atomic mass is 10.1. The van der Waals surface area contributed by atoms with Gasteiger partial charge in [-0.25, -0.2) is 9.18 Å². The van der Waals surface area contributed by atoms with Crippen LogP contribution in [0.15, 0.2) is 48.7 Å². The summed E-state index contributed by atoms with van der Waals surface area (Å²) in [6, 6.07) is 11.3. The predicted octanol–water partition coefficient (Wildman–Crippen LogP) is 3.63. The van der Waals surface area contributed by atoms with Crippen LogP contribution in [-0.4, -0.2) is 36.5 Å². The summed E-state index contributed by atoms with van der Waals surface area (Å²) in [5, 5.41) is 0.865. The number of nitrogens with zero attached hydrogens (tertiary/aromatic N) is 1. The molecule has 0 unspecified atom stereocenters. The van der Waals surface area contributed by atoms with Crippen molar-refractivity contribution in [3.63, 3.8) is 0 Å². The van der Waals surface area contributed by atoms with Gasteiger partial charge < -0.3 is 14.6 Å². The molecule has 1 heterocycles. The van der Waals surface area contributed by atoms with Crippen molar-refractivity contribution >= 4 is 16.9 Å². The molecule has 124 valence electrons. The van der Waals surface area contributed by atoms with Crippen LogP contribution < -0.4 is 4.74 Å². The first kappa shape index (κ1) is 16.2. The molecule has 0 saturated carbocycles. The maximum absolute atomic E-state index is 13.8. The fraction of sp³-hybridized carbons (Fsp3) is 0.211. The van der Waals surface area contributed by atoms with Gasteiger partial charge in [-0.2, -0.15) is 0 Å². The third-order valence-electron chi connectivity index (χ3n) is 3.87. The lowest BCUT2D eigenvalue weighted by molar-refractivity contribution is 0.0732. The Hall–Kier alpha value is -2.66. The Bertz CT molecular complexity index is 871. The molecule has 0 radical (unpaired) electrons. The first-order valence-corrected chi connectivity index (χ1v) is 7.76. The first-order valence-electron chi connectivity index (χ1n) is 7.76. The number of H-pyrrole nitrogens is 1. The molecule has 4 nitrogen and oxygen atoms in total. The molecular formula is C19H19FN2O2. The van der Waals surface area contributed by atoms with E-state index < -0.39 is 11.8 Å². The number of carbonyl (C=O) groups is 1. The largest absolute Gasteiger partial charge is 0.422 e. The van der Waals surface area contributed by atoms with Crippen LogP contribution in [0.3, 0.4) is 0 Å². The Morgan fingerprint density at radius 3 is 2.71 bits per heavy atom. The van der Waals surface area contributed by atoms with Crippen LogP contribution in [0.2, 0.25) is 0 Å². The zero-order valence-electron chi connectivity index (χ0n) is 13.7. The summed E-state index contributed by atoms with van der Waals surface area (Å²) < 4.78 is 19.3. The van der Waals surface area contributed by atoms with E-state index in [9.17, 15) is 9.18 Å². The Morgan fingerprint density at radius 1 is 1.17 bits per heavy atom. The van der Waals surface area contributed by atoms with E-state index in [-0.39, 0.29) is 5.56 Å². The van der Waals surface area contributed by atoms with Crippen molar-refractivity contribution in [3.05, 3.63) is 65.6 Å². The van der Waals surface area contributed by atoms with E-state index in [1.54, 1.807) is 24.3 Å². The molecule has 0 aliphatic rings. The predicted molar refractivity (Wildman–Crippen MR) is 91.9 cm³/mol. The SMILES string of the molecule is CN(C)CCc1c[nH]c2cccc(OC(=O)c3ccccc3F)c12. The summed E-state index contributed by atoms with van der Waals surface area (Å²) in [6.07, 6.45) is 2.75. The molecule has 5 heteroatoms. The third-order valence-corrected chi connectivity index (χ3v) is 3.87. The highest BCUT2D eigenvalue weighted by molar-refractivity contribution is 5.96. The molecule has 1 N–H and O–H groups in total. The van der Waals surface area contributed by atoms with Gasteiger partial charge in [0.1, 0.15) is 11.6 Å². The highest BCUT2D eigenvalue weighted by Crippen LogP contribution is 2.30. The van der Waals surface area contributed by atoms with Crippen molar-refractivity contribution in [2.24, 2.45) is 0 Å². The number of benzene rings is 2. The van der Waals surface area contributed by atoms with Crippen molar-refractivity contribution < 1.29 is 13.9 Å². The summed E-state index contributed by atoms with van der Waals surface area (Å²) in [7, 11) is 4.02. The molecule has 0 aliphatic carbocycles. The van der Waals surface area contributed by atoms with E-state index in [4.69, 9.17) is 4.74 Å². The summed E-state index contributed by atoms with van der Waals surface area (Å²) in [5.41, 5.74) is 1.89. The number of esters is 1. The lowest BCUT2D eigenvalue weighted by Crippen LogP contribution is -2.15. The van der Waals surface area contributed by atoms with Crippen molar-refractivity contribution in [1.82, 2.24) is 9.88 Å². The highest BCUT2D eigenvalue weighted by atomic mass is 19.1. The van der Waals surface area contributed by atoms with Crippen molar-refractivity contribution in [2.75, 3.05) is 20.6 Å². The number of hydrogen-bond donors (Lipinski definition) is 1. The zero-order valence-corrected chi connectivity index (χ0v) is 13.7. The third kappa shape index (κ3) is 3.31. The van der Waals surface area contributed by atoms with Crippen LogP contribution in [0.25, 0.3) is 10.9 Å². The van der Waals surface area contributed by atoms with Crippen molar-refractivity contribution in [3.8, 4) is 5.75 Å². The highest BCUT2D eigenvalue weighted by Gasteiger charge is 2.17. The number of hydrogen-bond acceptors (Lipinski definition) is 3. The van der Waals surface area contributed by atoms with Gasteiger partial charge >= 0.3 is 5.97 Å². The minimum atomic E-state index is -0.694. The van der Waals surface area contributed by atoms with Gasteiger partial charge in [0.25, 0.3) is 0 Å². The zero-order chi connectivity index (χ0) is 17.1. The molecule has 0 spiro atoms. The Labute approximate surface area is 139 Å². The first-order chi connectivity index (χ1) is 11.6. The summed E-state index contributed by atoms with van der Waals surface area (Å²) in [5.74, 6) is -0.840. The van der Waals surface area contributed by atoms with E-state index >= 15 is 0 Å². The standard InChI is InChI=1S/C19H19FN2O2/c1-22(2)11-10-13-12-21-16-8-5-9-17(18(13)16)24-19(23)14-6-3-4-7-15(14)20/h3-9,12,21H,10-11H2,1-2H3. The van der Waals surface area contributed by atoms with Gasteiger partial charge in [0.05, 0.1) is 5.56 Å². The van der Waals surface area contributed by atoms with Crippen LogP contribution in [0.5, 0.6) is 5.75 Å². The second kappa shape index (κ2) is 6.84. The van der Waals surface area contributed by atoms with Crippen LogP contribution in [0, 0.1) is 5.82 Å². The molecule has 0 bridgehead atoms. The average molecular weight is 326 g/mol. The van der Waals surface area contributed by atoms with Gasteiger partial charge in [0.15, 0.2) is 0 Å². The number of likely N-dealkylation sites (N-methyl/N-ethyl adjacent to an activating group) is 1. The number of fused-ring (bicyclic) bond motifs is 1. The summed E-state index contributed by atoms with van der Waals surface area (Å²) in [4.78, 5) is 17.6. The van der Waals surface area contributed by atoms with Crippen molar-refractivity contribution in [1.29, 1.82) is 0 Å². The fourth-order valence-corrected chi connectivity index (χ4v) is 2.63. The topological polar surface area (TPSA) is 45.3 Å². The maximum atomic E-state index is 13.8. The van der Waals surface area contributed by atoms with Crippen molar-refractivity contribution in [2.45, 2.75) is 6.42 Å². The molecule has 2 aromatic carbocycles. The minimum Gasteiger partial charge on any atom is -0.422 e. The van der Waals surface area contributed by atoms with Gasteiger partial charge in [-0.1, -0.05) is 18.2 Å². The quantitative estimate of drug-likeness (QED) is 0.575. The van der Waals surface area contributed by atoms with Crippen LogP contribution in [-0.2, 0) is 6.42 Å². The average Bonchev–Trinajstić information content (AvgIpc) is 2.97. The molecule has 0 fully saturated rings. The van der Waals surface area contributed by atoms with E-state index in [0.29, 0.717) is 5.75 Å². The number of aromatic amines is 1. The number of ether oxygens (including phenoxy) is 1. The molecular weight excluding hydrogens is 307 g/mol. The Balaban J connectivity index is 1.93. The van der Waals surface area contributed by atoms with Gasteiger partial charge in [0, 0.05) is 23.6 Å². The molecule has 1 aromatic heterocycles. The Morgan fingerprint density at radius 2 is 1.96 bits per heavy atom. The van der Waals surface area contributed by atoms with Crippen LogP contribution in [0.1, 0.15) is 15.9 Å². The number of halogens is 1. The molecule has 3 rings (SSSR count). The molecule has 3 aromatic rings. The van der Waals surface area contributed by atoms with E-state index in [1.165, 1.54) is 12.1 Å². The molecule has 0 saturated heterocycles. The van der Waals surface area contributed by atoms with Crippen LogP contribution in [0.4, 0.5) is 4.39 Å². The smallest absolute Gasteiger partial charge is 0.346 e. The van der Waals surface area contributed by atoms with Gasteiger partial charge in [-0.15, -0.1) is 0 Å². The number of carbonyl (C=O) groups excluding carboxylic acids is 1. The second-order valence-corrected chi connectivity index (χ2v) is 5.92. The second-order valence-electron chi connectivity index (χ2n) is 5.92. The molecule has 0 amide bonds. The number of aromatic nitrogens is 1. The molecule has 24 heavy (non-hydrogen) atoms. The Kier molecular flexibility index (Phi) is 4.62.